The maximum absolute atomic E-state index is 12.9. The monoisotopic (exact) mass is 414 g/mol. The van der Waals surface area contributed by atoms with Gasteiger partial charge in [-0.15, -0.1) is 0 Å². The molecule has 2 aliphatic heterocycles. The number of imide groups is 1. The number of nitrogens with one attached hydrogen (secondary N) is 2. The second-order valence-corrected chi connectivity index (χ2v) is 7.97. The number of fused-ring (bicyclic) bond motifs is 1. The van der Waals surface area contributed by atoms with Gasteiger partial charge in [0.2, 0.25) is 5.91 Å². The molecule has 2 fully saturated rings. The van der Waals surface area contributed by atoms with Crippen LogP contribution in [0.1, 0.15) is 38.5 Å². The highest BCUT2D eigenvalue weighted by Gasteiger charge is 2.52. The highest BCUT2D eigenvalue weighted by atomic mass is 16.5. The second-order valence-electron chi connectivity index (χ2n) is 7.97. The lowest BCUT2D eigenvalue weighted by Crippen LogP contribution is -2.50. The number of benzene rings is 1. The number of rotatable bonds is 5. The molecule has 1 aromatic carbocycles. The van der Waals surface area contributed by atoms with Crippen LogP contribution in [0.2, 0.25) is 0 Å². The maximum Gasteiger partial charge on any atom is 0.325 e. The second kappa shape index (κ2) is 7.97. The molecule has 1 atom stereocenters. The van der Waals surface area contributed by atoms with Crippen LogP contribution in [0.5, 0.6) is 5.75 Å². The van der Waals surface area contributed by atoms with Gasteiger partial charge in [-0.3, -0.25) is 19.3 Å². The summed E-state index contributed by atoms with van der Waals surface area (Å²) in [6.45, 7) is 0.310. The van der Waals surface area contributed by atoms with E-state index >= 15 is 0 Å². The average Bonchev–Trinajstić information content (AvgIpc) is 3.32. The number of ether oxygens (including phenoxy) is 1. The molecular formula is C21H26N4O5. The van der Waals surface area contributed by atoms with Crippen LogP contribution in [0.25, 0.3) is 0 Å². The smallest absolute Gasteiger partial charge is 0.325 e. The molecule has 1 aromatic rings. The highest BCUT2D eigenvalue weighted by molar-refractivity contribution is 6.07. The van der Waals surface area contributed by atoms with Crippen LogP contribution in [-0.4, -0.2) is 60.4 Å². The Kier molecular flexibility index (Phi) is 5.36. The van der Waals surface area contributed by atoms with Crippen molar-refractivity contribution in [1.29, 1.82) is 0 Å². The van der Waals surface area contributed by atoms with E-state index in [2.05, 4.69) is 10.6 Å². The lowest BCUT2D eigenvalue weighted by molar-refractivity contribution is -0.131. The van der Waals surface area contributed by atoms with Crippen molar-refractivity contribution in [1.82, 2.24) is 15.5 Å². The predicted octanol–water partition coefficient (Wildman–Crippen LogP) is 1.17. The molecule has 0 aromatic heterocycles. The van der Waals surface area contributed by atoms with Gasteiger partial charge in [-0.05, 0) is 31.4 Å². The van der Waals surface area contributed by atoms with E-state index in [1.165, 1.54) is 11.9 Å². The summed E-state index contributed by atoms with van der Waals surface area (Å²) in [5.41, 5.74) is -0.118. The van der Waals surface area contributed by atoms with E-state index in [1.807, 2.05) is 0 Å². The van der Waals surface area contributed by atoms with Gasteiger partial charge in [0.05, 0.1) is 12.2 Å². The van der Waals surface area contributed by atoms with Crippen LogP contribution in [0.3, 0.4) is 0 Å². The Morgan fingerprint density at radius 3 is 2.70 bits per heavy atom. The van der Waals surface area contributed by atoms with Crippen molar-refractivity contribution in [3.8, 4) is 5.75 Å². The average molecular weight is 414 g/mol. The van der Waals surface area contributed by atoms with E-state index < -0.39 is 11.6 Å². The number of urea groups is 1. The van der Waals surface area contributed by atoms with Crippen molar-refractivity contribution in [2.24, 2.45) is 0 Å². The summed E-state index contributed by atoms with van der Waals surface area (Å²) in [5.74, 6) is -0.178. The maximum atomic E-state index is 12.9. The number of carbonyl (C=O) groups excluding carboxylic acids is 4. The molecule has 30 heavy (non-hydrogen) atoms. The predicted molar refractivity (Wildman–Crippen MR) is 108 cm³/mol. The van der Waals surface area contributed by atoms with Crippen LogP contribution >= 0.6 is 0 Å². The molecule has 1 saturated carbocycles. The third kappa shape index (κ3) is 3.48. The summed E-state index contributed by atoms with van der Waals surface area (Å²) in [6.07, 6.45) is 2.94. The van der Waals surface area contributed by atoms with Crippen molar-refractivity contribution in [3.63, 3.8) is 0 Å². The van der Waals surface area contributed by atoms with Gasteiger partial charge in [0.25, 0.3) is 11.8 Å². The number of amides is 5. The fraction of sp³-hybridized carbons (Fsp3) is 0.524. The fourth-order valence-electron chi connectivity index (χ4n) is 4.49. The summed E-state index contributed by atoms with van der Waals surface area (Å²) in [5, 5.41) is 5.40. The molecule has 9 nitrogen and oxygen atoms in total. The third-order valence-corrected chi connectivity index (χ3v) is 6.09. The van der Waals surface area contributed by atoms with Crippen LogP contribution in [0, 0.1) is 0 Å². The minimum Gasteiger partial charge on any atom is -0.477 e. The molecule has 0 radical (unpaired) electrons. The number of para-hydroxylation sites is 2. The number of hydrogen-bond acceptors (Lipinski definition) is 5. The molecule has 1 spiro atoms. The van der Waals surface area contributed by atoms with Gasteiger partial charge in [-0.1, -0.05) is 25.0 Å². The van der Waals surface area contributed by atoms with E-state index in [0.29, 0.717) is 30.7 Å². The first-order valence-electron chi connectivity index (χ1n) is 10.4. The zero-order valence-electron chi connectivity index (χ0n) is 17.0. The van der Waals surface area contributed by atoms with Gasteiger partial charge < -0.3 is 20.3 Å². The van der Waals surface area contributed by atoms with Gasteiger partial charge in [0.1, 0.15) is 11.3 Å². The normalized spacial score (nSPS) is 22.0. The van der Waals surface area contributed by atoms with Crippen LogP contribution in [-0.2, 0) is 14.4 Å². The Morgan fingerprint density at radius 2 is 1.97 bits per heavy atom. The molecule has 160 valence electrons. The SMILES string of the molecule is CNC(=O)[C@@H]1CN(C(=O)CCCN2C(=O)NC3(CCCC3)C2=O)c2ccccc2O1. The lowest BCUT2D eigenvalue weighted by atomic mass is 9.98. The van der Waals surface area contributed by atoms with Crippen LogP contribution in [0.15, 0.2) is 24.3 Å². The lowest BCUT2D eigenvalue weighted by Gasteiger charge is -2.34. The van der Waals surface area contributed by atoms with Gasteiger partial charge in [0.15, 0.2) is 6.10 Å². The number of carbonyl (C=O) groups is 4. The molecule has 9 heteroatoms. The quantitative estimate of drug-likeness (QED) is 0.704. The number of likely N-dealkylation sites (N-methyl/N-ethyl adjacent to an activating group) is 1. The van der Waals surface area contributed by atoms with Crippen LogP contribution < -0.4 is 20.3 Å². The van der Waals surface area contributed by atoms with Gasteiger partial charge in [-0.25, -0.2) is 4.79 Å². The molecular weight excluding hydrogens is 388 g/mol. The molecule has 1 saturated heterocycles. The highest BCUT2D eigenvalue weighted by Crippen LogP contribution is 2.36. The molecule has 5 amide bonds. The van der Waals surface area contributed by atoms with E-state index in [1.54, 1.807) is 29.2 Å². The first-order valence-corrected chi connectivity index (χ1v) is 10.4. The van der Waals surface area contributed by atoms with Crippen molar-refractivity contribution < 1.29 is 23.9 Å². The minimum atomic E-state index is -0.790. The third-order valence-electron chi connectivity index (χ3n) is 6.09. The molecule has 1 aliphatic carbocycles. The Labute approximate surface area is 174 Å². The van der Waals surface area contributed by atoms with Crippen molar-refractivity contribution in [2.75, 3.05) is 25.0 Å². The van der Waals surface area contributed by atoms with E-state index in [0.717, 1.165) is 12.8 Å². The Hall–Kier alpha value is -3.10. The molecule has 2 heterocycles. The molecule has 4 rings (SSSR count). The van der Waals surface area contributed by atoms with Gasteiger partial charge in [-0.2, -0.15) is 0 Å². The number of nitrogens with zero attached hydrogens (tertiary/aromatic N) is 2. The summed E-state index contributed by atoms with van der Waals surface area (Å²) < 4.78 is 5.72. The topological polar surface area (TPSA) is 108 Å². The Bertz CT molecular complexity index is 880. The number of hydrogen-bond donors (Lipinski definition) is 2. The molecule has 2 N–H and O–H groups in total. The Balaban J connectivity index is 1.39. The molecule has 0 bridgehead atoms. The first kappa shape index (κ1) is 20.2. The van der Waals surface area contributed by atoms with Crippen molar-refractivity contribution >= 4 is 29.4 Å². The standard InChI is InChI=1S/C21H26N4O5/c1-22-18(27)16-13-25(14-7-2-3-8-15(14)30-16)17(26)9-6-12-24-19(28)21(23-20(24)29)10-4-5-11-21/h2-3,7-8,16H,4-6,9-13H2,1H3,(H,22,27)(H,23,29)/t16-/m0/s1. The Morgan fingerprint density at radius 1 is 1.23 bits per heavy atom. The van der Waals surface area contributed by atoms with E-state index in [4.69, 9.17) is 4.74 Å². The number of anilines is 1. The van der Waals surface area contributed by atoms with Crippen LogP contribution in [0.4, 0.5) is 10.5 Å². The van der Waals surface area contributed by atoms with Gasteiger partial charge >= 0.3 is 6.03 Å². The van der Waals surface area contributed by atoms with Gasteiger partial charge in [0, 0.05) is 20.0 Å². The first-order chi connectivity index (χ1) is 14.4. The van der Waals surface area contributed by atoms with E-state index in [9.17, 15) is 19.2 Å². The van der Waals surface area contributed by atoms with Crippen molar-refractivity contribution in [2.45, 2.75) is 50.2 Å². The largest absolute Gasteiger partial charge is 0.477 e. The fourth-order valence-corrected chi connectivity index (χ4v) is 4.49. The zero-order chi connectivity index (χ0) is 21.3. The minimum absolute atomic E-state index is 0.113. The van der Waals surface area contributed by atoms with Crippen molar-refractivity contribution in [3.05, 3.63) is 24.3 Å². The summed E-state index contributed by atoms with van der Waals surface area (Å²) in [4.78, 5) is 52.8. The summed E-state index contributed by atoms with van der Waals surface area (Å²) in [7, 11) is 1.52. The molecule has 0 unspecified atom stereocenters. The summed E-state index contributed by atoms with van der Waals surface area (Å²) >= 11 is 0. The molecule has 3 aliphatic rings. The zero-order valence-corrected chi connectivity index (χ0v) is 17.0. The van der Waals surface area contributed by atoms with E-state index in [-0.39, 0.29) is 43.3 Å². The summed E-state index contributed by atoms with van der Waals surface area (Å²) in [6, 6.07) is 6.71.